The summed E-state index contributed by atoms with van der Waals surface area (Å²) < 4.78 is 0. The molecule has 0 bridgehead atoms. The van der Waals surface area contributed by atoms with Crippen LogP contribution < -0.4 is 5.73 Å². The smallest absolute Gasteiger partial charge is 0.269 e. The molecule has 0 amide bonds. The third-order valence-electron chi connectivity index (χ3n) is 3.07. The van der Waals surface area contributed by atoms with Crippen molar-refractivity contribution in [2.75, 3.05) is 13.1 Å². The standard InChI is InChI=1S/C12H17N3O2.ClH/c13-11-4-2-6-14(9-11)8-10-3-1-5-12(7-10)15(16)17;/h1,3,5,7,11H,2,4,6,8-9,13H2;1H. The topological polar surface area (TPSA) is 72.4 Å². The molecule has 0 spiro atoms. The number of rotatable bonds is 3. The van der Waals surface area contributed by atoms with Gasteiger partial charge in [0.1, 0.15) is 0 Å². The summed E-state index contributed by atoms with van der Waals surface area (Å²) in [5.74, 6) is 0. The van der Waals surface area contributed by atoms with E-state index < -0.39 is 0 Å². The van der Waals surface area contributed by atoms with Crippen molar-refractivity contribution in [3.8, 4) is 0 Å². The quantitative estimate of drug-likeness (QED) is 0.674. The molecule has 0 aliphatic carbocycles. The SMILES string of the molecule is Cl.NC1CCCN(Cc2cccc([N+](=O)[O-])c2)C1. The van der Waals surface area contributed by atoms with Gasteiger partial charge in [-0.2, -0.15) is 0 Å². The average molecular weight is 272 g/mol. The van der Waals surface area contributed by atoms with Crippen molar-refractivity contribution < 1.29 is 4.92 Å². The lowest BCUT2D eigenvalue weighted by Crippen LogP contribution is -2.42. The van der Waals surface area contributed by atoms with Gasteiger partial charge in [0.25, 0.3) is 5.69 Å². The van der Waals surface area contributed by atoms with E-state index in [1.807, 2.05) is 6.07 Å². The summed E-state index contributed by atoms with van der Waals surface area (Å²) in [5.41, 5.74) is 7.04. The van der Waals surface area contributed by atoms with Crippen molar-refractivity contribution >= 4 is 18.1 Å². The number of nitro benzene ring substituents is 1. The molecule has 0 saturated carbocycles. The molecule has 1 unspecified atom stereocenters. The van der Waals surface area contributed by atoms with Gasteiger partial charge in [0.05, 0.1) is 4.92 Å². The number of nitrogens with two attached hydrogens (primary N) is 1. The maximum atomic E-state index is 10.7. The molecule has 0 radical (unpaired) electrons. The number of hydrogen-bond donors (Lipinski definition) is 1. The second kappa shape index (κ2) is 6.68. The minimum Gasteiger partial charge on any atom is -0.327 e. The van der Waals surface area contributed by atoms with E-state index in [-0.39, 0.29) is 29.1 Å². The highest BCUT2D eigenvalue weighted by Gasteiger charge is 2.17. The number of nitro groups is 1. The van der Waals surface area contributed by atoms with Crippen molar-refractivity contribution in [1.82, 2.24) is 4.90 Å². The molecule has 0 aromatic heterocycles. The summed E-state index contributed by atoms with van der Waals surface area (Å²) >= 11 is 0. The summed E-state index contributed by atoms with van der Waals surface area (Å²) in [6.07, 6.45) is 2.18. The van der Waals surface area contributed by atoms with Gasteiger partial charge in [0.15, 0.2) is 0 Å². The predicted octanol–water partition coefficient (Wildman–Crippen LogP) is 1.94. The maximum Gasteiger partial charge on any atom is 0.269 e. The van der Waals surface area contributed by atoms with Crippen LogP contribution in [0.5, 0.6) is 0 Å². The van der Waals surface area contributed by atoms with Gasteiger partial charge in [-0.1, -0.05) is 12.1 Å². The zero-order chi connectivity index (χ0) is 12.3. The van der Waals surface area contributed by atoms with Gasteiger partial charge in [-0.05, 0) is 24.9 Å². The van der Waals surface area contributed by atoms with Crippen molar-refractivity contribution in [2.45, 2.75) is 25.4 Å². The van der Waals surface area contributed by atoms with E-state index in [0.29, 0.717) is 0 Å². The minimum atomic E-state index is -0.356. The van der Waals surface area contributed by atoms with E-state index in [1.54, 1.807) is 12.1 Å². The molecule has 1 fully saturated rings. The van der Waals surface area contributed by atoms with Crippen molar-refractivity contribution in [2.24, 2.45) is 5.73 Å². The van der Waals surface area contributed by atoms with E-state index in [4.69, 9.17) is 5.73 Å². The Kier molecular flexibility index (Phi) is 5.53. The summed E-state index contributed by atoms with van der Waals surface area (Å²) in [7, 11) is 0. The molecule has 1 aromatic rings. The van der Waals surface area contributed by atoms with Crippen LogP contribution in [0, 0.1) is 10.1 Å². The molecule has 100 valence electrons. The van der Waals surface area contributed by atoms with Gasteiger partial charge in [0.2, 0.25) is 0 Å². The fraction of sp³-hybridized carbons (Fsp3) is 0.500. The lowest BCUT2D eigenvalue weighted by Gasteiger charge is -2.30. The number of benzene rings is 1. The fourth-order valence-electron chi connectivity index (χ4n) is 2.26. The fourth-order valence-corrected chi connectivity index (χ4v) is 2.26. The van der Waals surface area contributed by atoms with Crippen LogP contribution in [-0.2, 0) is 6.54 Å². The Labute approximate surface area is 113 Å². The molecule has 18 heavy (non-hydrogen) atoms. The van der Waals surface area contributed by atoms with Gasteiger partial charge in [-0.25, -0.2) is 0 Å². The van der Waals surface area contributed by atoms with Gasteiger partial charge in [-0.3, -0.25) is 15.0 Å². The van der Waals surface area contributed by atoms with Crippen molar-refractivity contribution in [1.29, 1.82) is 0 Å². The van der Waals surface area contributed by atoms with Crippen LogP contribution in [0.1, 0.15) is 18.4 Å². The highest BCUT2D eigenvalue weighted by Crippen LogP contribution is 2.17. The lowest BCUT2D eigenvalue weighted by atomic mass is 10.1. The second-order valence-electron chi connectivity index (χ2n) is 4.56. The Morgan fingerprint density at radius 3 is 2.94 bits per heavy atom. The molecule has 6 heteroatoms. The molecule has 1 aliphatic heterocycles. The Balaban J connectivity index is 0.00000162. The Hall–Kier alpha value is -1.17. The van der Waals surface area contributed by atoms with Gasteiger partial charge >= 0.3 is 0 Å². The van der Waals surface area contributed by atoms with E-state index in [1.165, 1.54) is 6.07 Å². The molecule has 1 aromatic carbocycles. The van der Waals surface area contributed by atoms with E-state index >= 15 is 0 Å². The van der Waals surface area contributed by atoms with Crippen LogP contribution in [0.4, 0.5) is 5.69 Å². The minimum absolute atomic E-state index is 0. The van der Waals surface area contributed by atoms with E-state index in [9.17, 15) is 10.1 Å². The van der Waals surface area contributed by atoms with Crippen LogP contribution in [-0.4, -0.2) is 29.0 Å². The third kappa shape index (κ3) is 3.94. The number of halogens is 1. The average Bonchev–Trinajstić information content (AvgIpc) is 2.29. The normalized spacial score (nSPS) is 20.2. The van der Waals surface area contributed by atoms with Crippen LogP contribution >= 0.6 is 12.4 Å². The van der Waals surface area contributed by atoms with Gasteiger partial charge < -0.3 is 5.73 Å². The number of piperidine rings is 1. The number of hydrogen-bond acceptors (Lipinski definition) is 4. The highest BCUT2D eigenvalue weighted by atomic mass is 35.5. The molecule has 1 aliphatic rings. The van der Waals surface area contributed by atoms with Crippen molar-refractivity contribution in [3.63, 3.8) is 0 Å². The molecule has 5 nitrogen and oxygen atoms in total. The molecular formula is C12H18ClN3O2. The number of nitrogens with zero attached hydrogens (tertiary/aromatic N) is 2. The molecule has 2 rings (SSSR count). The largest absolute Gasteiger partial charge is 0.327 e. The first-order valence-corrected chi connectivity index (χ1v) is 5.86. The predicted molar refractivity (Wildman–Crippen MR) is 72.8 cm³/mol. The van der Waals surface area contributed by atoms with E-state index in [0.717, 1.165) is 38.0 Å². The van der Waals surface area contributed by atoms with E-state index in [2.05, 4.69) is 4.90 Å². The number of non-ortho nitro benzene ring substituents is 1. The maximum absolute atomic E-state index is 10.7. The first-order chi connectivity index (χ1) is 8.15. The summed E-state index contributed by atoms with van der Waals surface area (Å²) in [6.45, 7) is 2.65. The molecule has 1 saturated heterocycles. The summed E-state index contributed by atoms with van der Waals surface area (Å²) in [4.78, 5) is 12.6. The summed E-state index contributed by atoms with van der Waals surface area (Å²) in [6, 6.07) is 7.05. The Morgan fingerprint density at radius 1 is 1.50 bits per heavy atom. The van der Waals surface area contributed by atoms with Crippen LogP contribution in [0.2, 0.25) is 0 Å². The van der Waals surface area contributed by atoms with Crippen LogP contribution in [0.15, 0.2) is 24.3 Å². The first kappa shape index (κ1) is 14.9. The highest BCUT2D eigenvalue weighted by molar-refractivity contribution is 5.85. The zero-order valence-corrected chi connectivity index (χ0v) is 10.9. The molecule has 2 N–H and O–H groups in total. The zero-order valence-electron chi connectivity index (χ0n) is 10.1. The third-order valence-corrected chi connectivity index (χ3v) is 3.07. The number of likely N-dealkylation sites (tertiary alicyclic amines) is 1. The monoisotopic (exact) mass is 271 g/mol. The Morgan fingerprint density at radius 2 is 2.28 bits per heavy atom. The molecule has 1 atom stereocenters. The van der Waals surface area contributed by atoms with Gasteiger partial charge in [0, 0.05) is 31.3 Å². The molecule has 1 heterocycles. The Bertz CT molecular complexity index is 414. The van der Waals surface area contributed by atoms with Crippen molar-refractivity contribution in [3.05, 3.63) is 39.9 Å². The summed E-state index contributed by atoms with van der Waals surface area (Å²) in [5, 5.41) is 10.7. The van der Waals surface area contributed by atoms with Gasteiger partial charge in [-0.15, -0.1) is 12.4 Å². The first-order valence-electron chi connectivity index (χ1n) is 5.86. The van der Waals surface area contributed by atoms with Crippen LogP contribution in [0.3, 0.4) is 0 Å². The second-order valence-corrected chi connectivity index (χ2v) is 4.56. The lowest BCUT2D eigenvalue weighted by molar-refractivity contribution is -0.384. The molecular weight excluding hydrogens is 254 g/mol. The van der Waals surface area contributed by atoms with Crippen LogP contribution in [0.25, 0.3) is 0 Å².